The first-order valence-electron chi connectivity index (χ1n) is 6.78. The fourth-order valence-corrected chi connectivity index (χ4v) is 2.99. The van der Waals surface area contributed by atoms with Crippen molar-refractivity contribution in [2.45, 2.75) is 32.1 Å². The van der Waals surface area contributed by atoms with E-state index in [-0.39, 0.29) is 5.92 Å². The van der Waals surface area contributed by atoms with E-state index < -0.39 is 5.97 Å². The minimum absolute atomic E-state index is 0.129. The lowest BCUT2D eigenvalue weighted by atomic mass is 9.79. The van der Waals surface area contributed by atoms with Crippen molar-refractivity contribution in [2.24, 2.45) is 17.8 Å². The molecule has 0 aromatic heterocycles. The van der Waals surface area contributed by atoms with E-state index in [1.54, 1.807) is 0 Å². The predicted octanol–water partition coefficient (Wildman–Crippen LogP) is 1.50. The van der Waals surface area contributed by atoms with Gasteiger partial charge in [-0.05, 0) is 37.6 Å². The normalized spacial score (nSPS) is 33.8. The molecular weight excluding hydrogens is 218 g/mol. The monoisotopic (exact) mass is 241 g/mol. The van der Waals surface area contributed by atoms with Gasteiger partial charge in [-0.15, -0.1) is 0 Å². The van der Waals surface area contributed by atoms with Crippen LogP contribution in [-0.4, -0.2) is 37.4 Å². The second-order valence-electron chi connectivity index (χ2n) is 5.38. The van der Waals surface area contributed by atoms with E-state index in [1.165, 1.54) is 6.42 Å². The molecule has 4 heteroatoms. The number of carboxylic acids is 1. The molecule has 3 unspecified atom stereocenters. The number of hydrogen-bond acceptors (Lipinski definition) is 3. The minimum atomic E-state index is -0.610. The second-order valence-corrected chi connectivity index (χ2v) is 5.38. The number of ether oxygens (including phenoxy) is 1. The van der Waals surface area contributed by atoms with Gasteiger partial charge in [0.2, 0.25) is 0 Å². The molecule has 2 aliphatic rings. The van der Waals surface area contributed by atoms with Gasteiger partial charge < -0.3 is 15.2 Å². The van der Waals surface area contributed by atoms with Crippen molar-refractivity contribution in [1.82, 2.24) is 5.32 Å². The summed E-state index contributed by atoms with van der Waals surface area (Å²) < 4.78 is 5.32. The van der Waals surface area contributed by atoms with Crippen LogP contribution in [0.1, 0.15) is 32.1 Å². The highest BCUT2D eigenvalue weighted by Crippen LogP contribution is 2.29. The van der Waals surface area contributed by atoms with Crippen molar-refractivity contribution in [1.29, 1.82) is 0 Å². The summed E-state index contributed by atoms with van der Waals surface area (Å²) >= 11 is 0. The van der Waals surface area contributed by atoms with Crippen LogP contribution in [0.5, 0.6) is 0 Å². The molecule has 0 aromatic rings. The second kappa shape index (κ2) is 6.36. The summed E-state index contributed by atoms with van der Waals surface area (Å²) in [6, 6.07) is 0. The van der Waals surface area contributed by atoms with Crippen molar-refractivity contribution >= 4 is 5.97 Å². The van der Waals surface area contributed by atoms with Gasteiger partial charge in [-0.1, -0.05) is 12.8 Å². The molecule has 0 bridgehead atoms. The van der Waals surface area contributed by atoms with Gasteiger partial charge in [0.1, 0.15) is 0 Å². The molecule has 2 rings (SSSR count). The highest BCUT2D eigenvalue weighted by Gasteiger charge is 2.30. The van der Waals surface area contributed by atoms with E-state index >= 15 is 0 Å². The summed E-state index contributed by atoms with van der Waals surface area (Å²) in [6.07, 6.45) is 5.31. The Bertz CT molecular complexity index is 251. The van der Waals surface area contributed by atoms with Crippen LogP contribution in [-0.2, 0) is 9.53 Å². The molecular formula is C13H23NO3. The maximum atomic E-state index is 11.1. The Morgan fingerprint density at radius 1 is 1.24 bits per heavy atom. The first-order chi connectivity index (χ1) is 8.27. The fourth-order valence-electron chi connectivity index (χ4n) is 2.99. The van der Waals surface area contributed by atoms with E-state index in [4.69, 9.17) is 4.74 Å². The molecule has 1 saturated heterocycles. The Kier molecular flexibility index (Phi) is 4.80. The van der Waals surface area contributed by atoms with Gasteiger partial charge >= 0.3 is 5.97 Å². The van der Waals surface area contributed by atoms with Gasteiger partial charge in [-0.25, -0.2) is 0 Å². The summed E-state index contributed by atoms with van der Waals surface area (Å²) in [6.45, 7) is 3.57. The van der Waals surface area contributed by atoms with Crippen LogP contribution in [0.3, 0.4) is 0 Å². The number of aliphatic carboxylic acids is 1. The third kappa shape index (κ3) is 3.68. The molecule has 1 saturated carbocycles. The van der Waals surface area contributed by atoms with Gasteiger partial charge in [-0.3, -0.25) is 4.79 Å². The van der Waals surface area contributed by atoms with Gasteiger partial charge in [-0.2, -0.15) is 0 Å². The lowest BCUT2D eigenvalue weighted by molar-refractivity contribution is -0.144. The largest absolute Gasteiger partial charge is 0.481 e. The van der Waals surface area contributed by atoms with Crippen LogP contribution in [0.2, 0.25) is 0 Å². The molecule has 2 fully saturated rings. The topological polar surface area (TPSA) is 58.6 Å². The molecule has 2 N–H and O–H groups in total. The molecule has 1 aliphatic heterocycles. The Balaban J connectivity index is 1.70. The van der Waals surface area contributed by atoms with Crippen molar-refractivity contribution in [3.8, 4) is 0 Å². The van der Waals surface area contributed by atoms with E-state index in [9.17, 15) is 9.90 Å². The van der Waals surface area contributed by atoms with Crippen molar-refractivity contribution in [2.75, 3.05) is 26.3 Å². The van der Waals surface area contributed by atoms with E-state index in [1.807, 2.05) is 0 Å². The zero-order valence-corrected chi connectivity index (χ0v) is 10.4. The summed E-state index contributed by atoms with van der Waals surface area (Å²) in [5.74, 6) is 0.210. The maximum Gasteiger partial charge on any atom is 0.306 e. The molecule has 0 radical (unpaired) electrons. The number of carboxylic acid groups (broad SMARTS) is 1. The Morgan fingerprint density at radius 3 is 2.76 bits per heavy atom. The molecule has 1 heterocycles. The lowest BCUT2D eigenvalue weighted by Gasteiger charge is -2.29. The van der Waals surface area contributed by atoms with Crippen LogP contribution in [0.25, 0.3) is 0 Å². The highest BCUT2D eigenvalue weighted by atomic mass is 16.5. The molecule has 3 atom stereocenters. The Hall–Kier alpha value is -0.610. The summed E-state index contributed by atoms with van der Waals surface area (Å²) in [4.78, 5) is 11.1. The van der Waals surface area contributed by atoms with E-state index in [0.29, 0.717) is 11.8 Å². The van der Waals surface area contributed by atoms with Crippen LogP contribution >= 0.6 is 0 Å². The zero-order valence-electron chi connectivity index (χ0n) is 10.4. The average Bonchev–Trinajstić information content (AvgIpc) is 2.82. The van der Waals surface area contributed by atoms with E-state index in [2.05, 4.69) is 5.32 Å². The molecule has 1 aliphatic carbocycles. The van der Waals surface area contributed by atoms with Crippen LogP contribution in [0.15, 0.2) is 0 Å². The van der Waals surface area contributed by atoms with Crippen molar-refractivity contribution in [3.05, 3.63) is 0 Å². The molecule has 17 heavy (non-hydrogen) atoms. The molecule has 0 spiro atoms. The fraction of sp³-hybridized carbons (Fsp3) is 0.923. The molecule has 0 aromatic carbocycles. The Labute approximate surface area is 103 Å². The quantitative estimate of drug-likeness (QED) is 0.766. The van der Waals surface area contributed by atoms with Gasteiger partial charge in [0.05, 0.1) is 12.5 Å². The summed E-state index contributed by atoms with van der Waals surface area (Å²) in [7, 11) is 0. The van der Waals surface area contributed by atoms with Crippen LogP contribution in [0.4, 0.5) is 0 Å². The third-order valence-electron chi connectivity index (χ3n) is 4.09. The first-order valence-corrected chi connectivity index (χ1v) is 6.78. The molecule has 0 amide bonds. The Morgan fingerprint density at radius 2 is 2.06 bits per heavy atom. The zero-order chi connectivity index (χ0) is 12.1. The van der Waals surface area contributed by atoms with Gasteiger partial charge in [0, 0.05) is 13.2 Å². The SMILES string of the molecule is O=C(O)C1CCCCC1CNCC1CCOC1. The lowest BCUT2D eigenvalue weighted by Crippen LogP contribution is -2.36. The summed E-state index contributed by atoms with van der Waals surface area (Å²) in [5.41, 5.74) is 0. The molecule has 4 nitrogen and oxygen atoms in total. The average molecular weight is 241 g/mol. The van der Waals surface area contributed by atoms with Crippen LogP contribution < -0.4 is 5.32 Å². The standard InChI is InChI=1S/C13H23NO3/c15-13(16)12-4-2-1-3-11(12)8-14-7-10-5-6-17-9-10/h10-12,14H,1-9H2,(H,15,16). The van der Waals surface area contributed by atoms with Gasteiger partial charge in [0.15, 0.2) is 0 Å². The third-order valence-corrected chi connectivity index (χ3v) is 4.09. The number of rotatable bonds is 5. The van der Waals surface area contributed by atoms with Crippen LogP contribution in [0, 0.1) is 17.8 Å². The first kappa shape index (κ1) is 12.8. The smallest absolute Gasteiger partial charge is 0.306 e. The van der Waals surface area contributed by atoms with Crippen molar-refractivity contribution in [3.63, 3.8) is 0 Å². The highest BCUT2D eigenvalue weighted by molar-refractivity contribution is 5.70. The maximum absolute atomic E-state index is 11.1. The molecule has 98 valence electrons. The number of hydrogen-bond donors (Lipinski definition) is 2. The number of nitrogens with one attached hydrogen (secondary N) is 1. The summed E-state index contributed by atoms with van der Waals surface area (Å²) in [5, 5.41) is 12.6. The number of carbonyl (C=O) groups is 1. The predicted molar refractivity (Wildman–Crippen MR) is 64.9 cm³/mol. The minimum Gasteiger partial charge on any atom is -0.481 e. The van der Waals surface area contributed by atoms with Crippen molar-refractivity contribution < 1.29 is 14.6 Å². The van der Waals surface area contributed by atoms with Gasteiger partial charge in [0.25, 0.3) is 0 Å². The van der Waals surface area contributed by atoms with E-state index in [0.717, 1.165) is 52.0 Å².